The van der Waals surface area contributed by atoms with Crippen LogP contribution in [0.3, 0.4) is 0 Å². The van der Waals surface area contributed by atoms with E-state index in [1.807, 2.05) is 24.5 Å². The number of nitrogens with one attached hydrogen (secondary N) is 1. The topological polar surface area (TPSA) is 43.3 Å². The van der Waals surface area contributed by atoms with Crippen LogP contribution in [0.1, 0.15) is 38.5 Å². The third-order valence-electron chi connectivity index (χ3n) is 4.01. The van der Waals surface area contributed by atoms with Crippen LogP contribution < -0.4 is 5.32 Å². The standard InChI is InChI=1S/C15H24N2O2/c1-19-13-7-10-16-14(18)15(8-3-2-4-9-15)17-11-5-6-12-17/h5-6,11-12H,2-4,7-10,13H2,1H3,(H,16,18). The minimum Gasteiger partial charge on any atom is -0.385 e. The van der Waals surface area contributed by atoms with Crippen LogP contribution in [-0.4, -0.2) is 30.7 Å². The molecule has 4 nitrogen and oxygen atoms in total. The van der Waals surface area contributed by atoms with Crippen LogP contribution in [0.5, 0.6) is 0 Å². The predicted molar refractivity (Wildman–Crippen MR) is 75.0 cm³/mol. The van der Waals surface area contributed by atoms with Crippen LogP contribution in [0, 0.1) is 0 Å². The van der Waals surface area contributed by atoms with Crippen molar-refractivity contribution in [3.63, 3.8) is 0 Å². The zero-order valence-electron chi connectivity index (χ0n) is 11.7. The monoisotopic (exact) mass is 264 g/mol. The first-order chi connectivity index (χ1) is 9.29. The van der Waals surface area contributed by atoms with Crippen molar-refractivity contribution in [2.24, 2.45) is 0 Å². The molecular formula is C15H24N2O2. The van der Waals surface area contributed by atoms with Crippen molar-refractivity contribution < 1.29 is 9.53 Å². The molecule has 4 heteroatoms. The number of carbonyl (C=O) groups is 1. The Bertz CT molecular complexity index is 381. The molecule has 0 aromatic carbocycles. The summed E-state index contributed by atoms with van der Waals surface area (Å²) in [5, 5.41) is 3.08. The molecule has 1 aromatic rings. The molecule has 0 radical (unpaired) electrons. The molecule has 1 N–H and O–H groups in total. The molecule has 0 unspecified atom stereocenters. The normalized spacial score (nSPS) is 18.2. The number of hydrogen-bond acceptors (Lipinski definition) is 2. The van der Waals surface area contributed by atoms with Gasteiger partial charge < -0.3 is 14.6 Å². The van der Waals surface area contributed by atoms with Crippen LogP contribution in [-0.2, 0) is 15.1 Å². The van der Waals surface area contributed by atoms with Gasteiger partial charge in [-0.2, -0.15) is 0 Å². The minimum atomic E-state index is -0.366. The average Bonchev–Trinajstić information content (AvgIpc) is 2.99. The number of amides is 1. The summed E-state index contributed by atoms with van der Waals surface area (Å²) in [5.74, 6) is 0.166. The highest BCUT2D eigenvalue weighted by molar-refractivity contribution is 5.84. The Morgan fingerprint density at radius 1 is 1.26 bits per heavy atom. The Kier molecular flexibility index (Phi) is 5.02. The SMILES string of the molecule is COCCCNC(=O)C1(n2cccc2)CCCCC1. The molecule has 0 spiro atoms. The Morgan fingerprint density at radius 2 is 1.95 bits per heavy atom. The van der Waals surface area contributed by atoms with Gasteiger partial charge in [0.25, 0.3) is 0 Å². The molecule has 1 aromatic heterocycles. The fraction of sp³-hybridized carbons (Fsp3) is 0.667. The number of ether oxygens (including phenoxy) is 1. The predicted octanol–water partition coefficient (Wildman–Crippen LogP) is 2.30. The molecule has 1 saturated carbocycles. The summed E-state index contributed by atoms with van der Waals surface area (Å²) in [7, 11) is 1.68. The van der Waals surface area contributed by atoms with Gasteiger partial charge >= 0.3 is 0 Å². The van der Waals surface area contributed by atoms with E-state index in [9.17, 15) is 4.79 Å². The number of aromatic nitrogens is 1. The fourth-order valence-corrected chi connectivity index (χ4v) is 2.94. The lowest BCUT2D eigenvalue weighted by Gasteiger charge is -2.37. The van der Waals surface area contributed by atoms with Crippen LogP contribution in [0.2, 0.25) is 0 Å². The fourth-order valence-electron chi connectivity index (χ4n) is 2.94. The van der Waals surface area contributed by atoms with Gasteiger partial charge in [-0.3, -0.25) is 4.79 Å². The molecule has 1 fully saturated rings. The van der Waals surface area contributed by atoms with Gasteiger partial charge in [-0.15, -0.1) is 0 Å². The minimum absolute atomic E-state index is 0.166. The Morgan fingerprint density at radius 3 is 2.58 bits per heavy atom. The highest BCUT2D eigenvalue weighted by Crippen LogP contribution is 2.35. The Balaban J connectivity index is 2.03. The third kappa shape index (κ3) is 3.18. The molecular weight excluding hydrogens is 240 g/mol. The van der Waals surface area contributed by atoms with Gasteiger partial charge in [-0.1, -0.05) is 19.3 Å². The van der Waals surface area contributed by atoms with Gasteiger partial charge in [0.2, 0.25) is 5.91 Å². The van der Waals surface area contributed by atoms with E-state index in [1.54, 1.807) is 7.11 Å². The van der Waals surface area contributed by atoms with Crippen molar-refractivity contribution in [3.05, 3.63) is 24.5 Å². The highest BCUT2D eigenvalue weighted by Gasteiger charge is 2.40. The second-order valence-corrected chi connectivity index (χ2v) is 5.28. The van der Waals surface area contributed by atoms with Gasteiger partial charge in [0.15, 0.2) is 0 Å². The molecule has 0 saturated heterocycles. The molecule has 106 valence electrons. The first kappa shape index (κ1) is 14.1. The zero-order chi connectivity index (χ0) is 13.6. The van der Waals surface area contributed by atoms with Crippen LogP contribution in [0.15, 0.2) is 24.5 Å². The molecule has 1 heterocycles. The summed E-state index contributed by atoms with van der Waals surface area (Å²) < 4.78 is 7.11. The number of methoxy groups -OCH3 is 1. The summed E-state index contributed by atoms with van der Waals surface area (Å²) in [4.78, 5) is 12.6. The summed E-state index contributed by atoms with van der Waals surface area (Å²) in [6.07, 6.45) is 10.3. The van der Waals surface area contributed by atoms with Crippen molar-refractivity contribution in [1.82, 2.24) is 9.88 Å². The first-order valence-corrected chi connectivity index (χ1v) is 7.20. The van der Waals surface area contributed by atoms with E-state index >= 15 is 0 Å². The molecule has 0 aliphatic heterocycles. The van der Waals surface area contributed by atoms with Gasteiger partial charge in [0.1, 0.15) is 5.54 Å². The van der Waals surface area contributed by atoms with E-state index in [1.165, 1.54) is 6.42 Å². The maximum absolute atomic E-state index is 12.6. The van der Waals surface area contributed by atoms with E-state index in [0.717, 1.165) is 32.1 Å². The maximum atomic E-state index is 12.6. The van der Waals surface area contributed by atoms with Crippen molar-refractivity contribution in [2.45, 2.75) is 44.1 Å². The molecule has 1 aliphatic carbocycles. The van der Waals surface area contributed by atoms with Gasteiger partial charge in [0, 0.05) is 32.7 Å². The lowest BCUT2D eigenvalue weighted by atomic mass is 9.80. The molecule has 0 atom stereocenters. The van der Waals surface area contributed by atoms with Crippen LogP contribution in [0.4, 0.5) is 0 Å². The smallest absolute Gasteiger partial charge is 0.246 e. The summed E-state index contributed by atoms with van der Waals surface area (Å²) in [6.45, 7) is 1.38. The summed E-state index contributed by atoms with van der Waals surface area (Å²) >= 11 is 0. The second-order valence-electron chi connectivity index (χ2n) is 5.28. The first-order valence-electron chi connectivity index (χ1n) is 7.20. The number of hydrogen-bond donors (Lipinski definition) is 1. The van der Waals surface area contributed by atoms with E-state index in [-0.39, 0.29) is 11.4 Å². The molecule has 1 amide bonds. The maximum Gasteiger partial charge on any atom is 0.246 e. The lowest BCUT2D eigenvalue weighted by Crippen LogP contribution is -2.49. The number of carbonyl (C=O) groups excluding carboxylic acids is 1. The van der Waals surface area contributed by atoms with E-state index in [2.05, 4.69) is 9.88 Å². The van der Waals surface area contributed by atoms with Gasteiger partial charge in [-0.25, -0.2) is 0 Å². The third-order valence-corrected chi connectivity index (χ3v) is 4.01. The summed E-state index contributed by atoms with van der Waals surface area (Å²) in [5.41, 5.74) is -0.366. The summed E-state index contributed by atoms with van der Waals surface area (Å²) in [6, 6.07) is 3.99. The van der Waals surface area contributed by atoms with Crippen molar-refractivity contribution in [3.8, 4) is 0 Å². The zero-order valence-corrected chi connectivity index (χ0v) is 11.7. The molecule has 19 heavy (non-hydrogen) atoms. The Labute approximate surface area is 115 Å². The molecule has 1 aliphatic rings. The second kappa shape index (κ2) is 6.75. The number of rotatable bonds is 6. The van der Waals surface area contributed by atoms with E-state index < -0.39 is 0 Å². The quantitative estimate of drug-likeness (QED) is 0.801. The van der Waals surface area contributed by atoms with E-state index in [4.69, 9.17) is 4.74 Å². The largest absolute Gasteiger partial charge is 0.385 e. The highest BCUT2D eigenvalue weighted by atomic mass is 16.5. The molecule has 0 bridgehead atoms. The lowest BCUT2D eigenvalue weighted by molar-refractivity contribution is -0.131. The van der Waals surface area contributed by atoms with Crippen LogP contribution >= 0.6 is 0 Å². The van der Waals surface area contributed by atoms with Crippen molar-refractivity contribution in [2.75, 3.05) is 20.3 Å². The van der Waals surface area contributed by atoms with Crippen molar-refractivity contribution >= 4 is 5.91 Å². The molecule has 2 rings (SSSR count). The van der Waals surface area contributed by atoms with Gasteiger partial charge in [-0.05, 0) is 31.4 Å². The van der Waals surface area contributed by atoms with E-state index in [0.29, 0.717) is 13.2 Å². The average molecular weight is 264 g/mol. The number of nitrogens with zero attached hydrogens (tertiary/aromatic N) is 1. The van der Waals surface area contributed by atoms with Crippen LogP contribution in [0.25, 0.3) is 0 Å². The van der Waals surface area contributed by atoms with Crippen molar-refractivity contribution in [1.29, 1.82) is 0 Å². The van der Waals surface area contributed by atoms with Gasteiger partial charge in [0.05, 0.1) is 0 Å². The Hall–Kier alpha value is -1.29.